The zero-order valence-electron chi connectivity index (χ0n) is 11.4. The summed E-state index contributed by atoms with van der Waals surface area (Å²) in [4.78, 5) is 4.76. The van der Waals surface area contributed by atoms with E-state index in [1.807, 2.05) is 0 Å². The molecule has 1 fully saturated rings. The minimum atomic E-state index is 0.403. The first-order valence-corrected chi connectivity index (χ1v) is 6.78. The molecular formula is C15H21N3. The van der Waals surface area contributed by atoms with E-state index in [0.29, 0.717) is 17.9 Å². The summed E-state index contributed by atoms with van der Waals surface area (Å²) in [5, 5.41) is 0. The van der Waals surface area contributed by atoms with E-state index in [0.717, 1.165) is 24.2 Å². The predicted octanol–water partition coefficient (Wildman–Crippen LogP) is 2.90. The van der Waals surface area contributed by atoms with E-state index in [2.05, 4.69) is 43.7 Å². The van der Waals surface area contributed by atoms with Gasteiger partial charge in [0.1, 0.15) is 5.82 Å². The highest BCUT2D eigenvalue weighted by molar-refractivity contribution is 5.77. The fourth-order valence-corrected chi connectivity index (χ4v) is 2.94. The Morgan fingerprint density at radius 3 is 2.67 bits per heavy atom. The molecule has 0 amide bonds. The van der Waals surface area contributed by atoms with Crippen molar-refractivity contribution in [3.63, 3.8) is 0 Å². The lowest BCUT2D eigenvalue weighted by molar-refractivity contribution is 0.352. The maximum absolute atomic E-state index is 5.87. The lowest BCUT2D eigenvalue weighted by Crippen LogP contribution is -2.34. The summed E-state index contributed by atoms with van der Waals surface area (Å²) in [6, 6.07) is 7.09. The number of hydrogen-bond donors (Lipinski definition) is 1. The molecule has 1 aromatic heterocycles. The highest BCUT2D eigenvalue weighted by atomic mass is 15.1. The van der Waals surface area contributed by atoms with Crippen LogP contribution in [-0.2, 0) is 7.05 Å². The molecule has 0 saturated heterocycles. The van der Waals surface area contributed by atoms with Gasteiger partial charge < -0.3 is 10.3 Å². The molecule has 3 nitrogen and oxygen atoms in total. The van der Waals surface area contributed by atoms with Gasteiger partial charge in [-0.15, -0.1) is 0 Å². The minimum Gasteiger partial charge on any atom is -0.331 e. The van der Waals surface area contributed by atoms with E-state index in [1.165, 1.54) is 11.1 Å². The molecule has 2 aromatic rings. The number of imidazole rings is 1. The lowest BCUT2D eigenvalue weighted by Gasteiger charge is -2.32. The lowest BCUT2D eigenvalue weighted by atomic mass is 9.76. The summed E-state index contributed by atoms with van der Waals surface area (Å²) in [5.41, 5.74) is 9.62. The monoisotopic (exact) mass is 243 g/mol. The van der Waals surface area contributed by atoms with Crippen molar-refractivity contribution in [2.45, 2.75) is 44.6 Å². The number of rotatable bonds is 2. The normalized spacial score (nSPS) is 23.6. The molecule has 2 N–H and O–H groups in total. The van der Waals surface area contributed by atoms with Crippen LogP contribution in [-0.4, -0.2) is 15.6 Å². The smallest absolute Gasteiger partial charge is 0.112 e. The van der Waals surface area contributed by atoms with Crippen molar-refractivity contribution in [3.8, 4) is 0 Å². The third-order valence-corrected chi connectivity index (χ3v) is 4.10. The van der Waals surface area contributed by atoms with E-state index in [1.54, 1.807) is 0 Å². The van der Waals surface area contributed by atoms with Crippen LogP contribution in [0.15, 0.2) is 18.2 Å². The highest BCUT2D eigenvalue weighted by Crippen LogP contribution is 2.36. The van der Waals surface area contributed by atoms with E-state index < -0.39 is 0 Å². The second-order valence-electron chi connectivity index (χ2n) is 5.86. The Morgan fingerprint density at radius 2 is 2.06 bits per heavy atom. The Balaban J connectivity index is 2.02. The topological polar surface area (TPSA) is 43.8 Å². The first-order chi connectivity index (χ1) is 8.56. The summed E-state index contributed by atoms with van der Waals surface area (Å²) >= 11 is 0. The van der Waals surface area contributed by atoms with E-state index in [-0.39, 0.29) is 0 Å². The van der Waals surface area contributed by atoms with Gasteiger partial charge in [0.25, 0.3) is 0 Å². The van der Waals surface area contributed by atoms with Crippen LogP contribution < -0.4 is 5.73 Å². The first-order valence-electron chi connectivity index (χ1n) is 6.78. The second kappa shape index (κ2) is 4.09. The number of hydrogen-bond acceptors (Lipinski definition) is 2. The van der Waals surface area contributed by atoms with Gasteiger partial charge in [-0.05, 0) is 36.5 Å². The van der Waals surface area contributed by atoms with E-state index >= 15 is 0 Å². The van der Waals surface area contributed by atoms with Gasteiger partial charge >= 0.3 is 0 Å². The van der Waals surface area contributed by atoms with E-state index in [9.17, 15) is 0 Å². The third-order valence-electron chi connectivity index (χ3n) is 4.10. The molecule has 1 aromatic carbocycles. The number of fused-ring (bicyclic) bond motifs is 1. The van der Waals surface area contributed by atoms with Crippen molar-refractivity contribution in [2.75, 3.05) is 0 Å². The zero-order chi connectivity index (χ0) is 12.9. The molecule has 0 spiro atoms. The fraction of sp³-hybridized carbons (Fsp3) is 0.533. The van der Waals surface area contributed by atoms with Gasteiger partial charge in [-0.3, -0.25) is 0 Å². The maximum atomic E-state index is 5.87. The van der Waals surface area contributed by atoms with Gasteiger partial charge in [-0.25, -0.2) is 4.98 Å². The zero-order valence-corrected chi connectivity index (χ0v) is 11.4. The number of nitrogens with zero attached hydrogens (tertiary/aromatic N) is 2. The van der Waals surface area contributed by atoms with Crippen molar-refractivity contribution in [1.82, 2.24) is 9.55 Å². The Bertz CT molecular complexity index is 577. The van der Waals surface area contributed by atoms with Crippen molar-refractivity contribution < 1.29 is 0 Å². The third kappa shape index (κ3) is 1.74. The van der Waals surface area contributed by atoms with Gasteiger partial charge in [0.05, 0.1) is 11.0 Å². The Kier molecular flexibility index (Phi) is 2.67. The second-order valence-corrected chi connectivity index (χ2v) is 5.86. The van der Waals surface area contributed by atoms with Crippen LogP contribution in [0.2, 0.25) is 0 Å². The summed E-state index contributed by atoms with van der Waals surface area (Å²) in [5.74, 6) is 2.27. The van der Waals surface area contributed by atoms with Crippen LogP contribution in [0.4, 0.5) is 0 Å². The quantitative estimate of drug-likeness (QED) is 0.881. The van der Waals surface area contributed by atoms with Crippen LogP contribution in [0.25, 0.3) is 11.0 Å². The molecular weight excluding hydrogens is 222 g/mol. The highest BCUT2D eigenvalue weighted by Gasteiger charge is 2.27. The number of nitrogens with two attached hydrogens (primary N) is 1. The summed E-state index contributed by atoms with van der Waals surface area (Å²) in [7, 11) is 2.10. The number of aromatic nitrogens is 2. The SMILES string of the molecule is CC(C)c1nc2cc(C3CC(N)C3)ccc2n1C. The van der Waals surface area contributed by atoms with Gasteiger partial charge in [0, 0.05) is 19.0 Å². The average molecular weight is 243 g/mol. The molecule has 0 bridgehead atoms. The molecule has 1 aliphatic carbocycles. The summed E-state index contributed by atoms with van der Waals surface area (Å²) in [6.45, 7) is 4.38. The molecule has 1 heterocycles. The molecule has 0 atom stereocenters. The van der Waals surface area contributed by atoms with Gasteiger partial charge in [-0.2, -0.15) is 0 Å². The number of benzene rings is 1. The molecule has 96 valence electrons. The van der Waals surface area contributed by atoms with Crippen LogP contribution in [0.1, 0.15) is 49.9 Å². The van der Waals surface area contributed by atoms with Gasteiger partial charge in [0.15, 0.2) is 0 Å². The molecule has 0 unspecified atom stereocenters. The predicted molar refractivity (Wildman–Crippen MR) is 74.8 cm³/mol. The average Bonchev–Trinajstić information content (AvgIpc) is 2.62. The Labute approximate surface area is 108 Å². The Hall–Kier alpha value is -1.35. The number of aryl methyl sites for hydroxylation is 1. The van der Waals surface area contributed by atoms with Crippen LogP contribution in [0.3, 0.4) is 0 Å². The molecule has 3 rings (SSSR count). The molecule has 0 aliphatic heterocycles. The van der Waals surface area contributed by atoms with Crippen LogP contribution >= 0.6 is 0 Å². The minimum absolute atomic E-state index is 0.403. The van der Waals surface area contributed by atoms with Crippen molar-refractivity contribution >= 4 is 11.0 Å². The van der Waals surface area contributed by atoms with Crippen LogP contribution in [0, 0.1) is 0 Å². The Morgan fingerprint density at radius 1 is 1.33 bits per heavy atom. The fourth-order valence-electron chi connectivity index (χ4n) is 2.94. The maximum Gasteiger partial charge on any atom is 0.112 e. The van der Waals surface area contributed by atoms with Gasteiger partial charge in [0.2, 0.25) is 0 Å². The largest absolute Gasteiger partial charge is 0.331 e. The molecule has 1 saturated carbocycles. The van der Waals surface area contributed by atoms with Crippen molar-refractivity contribution in [3.05, 3.63) is 29.6 Å². The van der Waals surface area contributed by atoms with Crippen molar-refractivity contribution in [2.24, 2.45) is 12.8 Å². The van der Waals surface area contributed by atoms with Gasteiger partial charge in [-0.1, -0.05) is 19.9 Å². The molecule has 0 radical (unpaired) electrons. The molecule has 18 heavy (non-hydrogen) atoms. The molecule has 3 heteroatoms. The summed E-state index contributed by atoms with van der Waals surface area (Å²) < 4.78 is 2.20. The summed E-state index contributed by atoms with van der Waals surface area (Å²) in [6.07, 6.45) is 2.24. The van der Waals surface area contributed by atoms with E-state index in [4.69, 9.17) is 10.7 Å². The standard InChI is InChI=1S/C15H21N3/c1-9(2)15-17-13-8-10(11-6-12(16)7-11)4-5-14(13)18(15)3/h4-5,8-9,11-12H,6-7,16H2,1-3H3. The van der Waals surface area contributed by atoms with Crippen LogP contribution in [0.5, 0.6) is 0 Å². The first kappa shape index (κ1) is 11.7. The molecule has 1 aliphatic rings. The van der Waals surface area contributed by atoms with Crippen molar-refractivity contribution in [1.29, 1.82) is 0 Å².